The summed E-state index contributed by atoms with van der Waals surface area (Å²) in [6, 6.07) is 22.2. The highest BCUT2D eigenvalue weighted by atomic mass is 16.6. The van der Waals surface area contributed by atoms with E-state index in [2.05, 4.69) is 12.1 Å². The minimum absolute atomic E-state index is 0.0482. The van der Waals surface area contributed by atoms with Crippen LogP contribution in [-0.4, -0.2) is 28.9 Å². The second-order valence-electron chi connectivity index (χ2n) is 9.20. The lowest BCUT2D eigenvalue weighted by Crippen LogP contribution is -2.55. The molecule has 4 heteroatoms. The predicted octanol–water partition coefficient (Wildman–Crippen LogP) is 6.30. The van der Waals surface area contributed by atoms with Crippen LogP contribution in [0.15, 0.2) is 66.7 Å². The first-order valence-electron chi connectivity index (χ1n) is 11.6. The van der Waals surface area contributed by atoms with Crippen LogP contribution in [0.2, 0.25) is 0 Å². The third-order valence-corrected chi connectivity index (χ3v) is 7.15. The number of carbonyl (C=O) groups excluding carboxylic acids is 2. The number of hydrogen-bond acceptors (Lipinski definition) is 3. The number of carbonyl (C=O) groups is 2. The largest absolute Gasteiger partial charge is 0.445 e. The van der Waals surface area contributed by atoms with Crippen LogP contribution < -0.4 is 0 Å². The van der Waals surface area contributed by atoms with Gasteiger partial charge in [-0.2, -0.15) is 0 Å². The number of ketones is 1. The van der Waals surface area contributed by atoms with Crippen molar-refractivity contribution in [3.63, 3.8) is 0 Å². The van der Waals surface area contributed by atoms with E-state index < -0.39 is 0 Å². The Bertz CT molecular complexity index is 1130. The van der Waals surface area contributed by atoms with Gasteiger partial charge in [-0.15, -0.1) is 0 Å². The molecule has 2 aliphatic rings. The summed E-state index contributed by atoms with van der Waals surface area (Å²) in [6.45, 7) is 2.31. The Labute approximate surface area is 189 Å². The summed E-state index contributed by atoms with van der Waals surface area (Å²) in [5, 5.41) is 2.14. The standard InChI is InChI=1S/C28H29NO3/c1-19-14-15-21-10-5-6-13-25(21)26(19)27(30)22-16-23-11-7-12-24(17-22)29(23)28(31)32-18-20-8-3-2-4-9-20/h2-6,8-10,13-15,22-24H,7,11-12,16-18H2,1H3. The Kier molecular flexibility index (Phi) is 5.69. The summed E-state index contributed by atoms with van der Waals surface area (Å²) >= 11 is 0. The van der Waals surface area contributed by atoms with Gasteiger partial charge < -0.3 is 9.64 Å². The maximum absolute atomic E-state index is 13.7. The zero-order valence-electron chi connectivity index (χ0n) is 18.5. The molecule has 2 bridgehead atoms. The summed E-state index contributed by atoms with van der Waals surface area (Å²) < 4.78 is 5.66. The van der Waals surface area contributed by atoms with Gasteiger partial charge in [0.05, 0.1) is 0 Å². The Hall–Kier alpha value is -3.14. The van der Waals surface area contributed by atoms with E-state index in [0.29, 0.717) is 0 Å². The highest BCUT2D eigenvalue weighted by Gasteiger charge is 2.44. The first kappa shape index (κ1) is 20.7. The Morgan fingerprint density at radius 3 is 2.34 bits per heavy atom. The number of benzene rings is 3. The van der Waals surface area contributed by atoms with Gasteiger partial charge in [0.15, 0.2) is 5.78 Å². The average molecular weight is 428 g/mol. The van der Waals surface area contributed by atoms with Gasteiger partial charge in [-0.1, -0.05) is 66.7 Å². The Morgan fingerprint density at radius 2 is 1.59 bits per heavy atom. The van der Waals surface area contributed by atoms with Gasteiger partial charge in [0.2, 0.25) is 0 Å². The molecular weight excluding hydrogens is 398 g/mol. The Morgan fingerprint density at radius 1 is 0.906 bits per heavy atom. The third kappa shape index (κ3) is 3.90. The molecule has 3 aromatic rings. The van der Waals surface area contributed by atoms with Crippen molar-refractivity contribution in [3.05, 3.63) is 83.4 Å². The molecule has 0 aliphatic carbocycles. The number of ether oxygens (including phenoxy) is 1. The monoisotopic (exact) mass is 427 g/mol. The second-order valence-corrected chi connectivity index (χ2v) is 9.20. The van der Waals surface area contributed by atoms with Gasteiger partial charge in [0, 0.05) is 23.6 Å². The molecule has 32 heavy (non-hydrogen) atoms. The number of amides is 1. The highest BCUT2D eigenvalue weighted by Crippen LogP contribution is 2.40. The van der Waals surface area contributed by atoms with E-state index in [1.807, 2.05) is 66.4 Å². The van der Waals surface area contributed by atoms with Crippen LogP contribution in [0, 0.1) is 12.8 Å². The van der Waals surface area contributed by atoms with E-state index in [1.165, 1.54) is 0 Å². The minimum atomic E-state index is -0.240. The summed E-state index contributed by atoms with van der Waals surface area (Å²) in [4.78, 5) is 28.6. The van der Waals surface area contributed by atoms with Crippen molar-refractivity contribution in [3.8, 4) is 0 Å². The molecule has 0 N–H and O–H groups in total. The van der Waals surface area contributed by atoms with Crippen molar-refractivity contribution >= 4 is 22.6 Å². The van der Waals surface area contributed by atoms with Crippen LogP contribution in [0.4, 0.5) is 4.79 Å². The first-order chi connectivity index (χ1) is 15.6. The number of piperidine rings is 2. The molecule has 0 aromatic heterocycles. The second kappa shape index (κ2) is 8.78. The fraction of sp³-hybridized carbons (Fsp3) is 0.357. The number of aryl methyl sites for hydroxylation is 1. The maximum atomic E-state index is 13.7. The van der Waals surface area contributed by atoms with Crippen molar-refractivity contribution < 1.29 is 14.3 Å². The lowest BCUT2D eigenvalue weighted by molar-refractivity contribution is 0.00474. The SMILES string of the molecule is Cc1ccc2ccccc2c1C(=O)C1CC2CCCC(C1)N2C(=O)OCc1ccccc1. The predicted molar refractivity (Wildman–Crippen MR) is 126 cm³/mol. The van der Waals surface area contributed by atoms with Crippen LogP contribution in [0.3, 0.4) is 0 Å². The fourth-order valence-electron chi connectivity index (χ4n) is 5.60. The van der Waals surface area contributed by atoms with Gasteiger partial charge in [-0.05, 0) is 60.9 Å². The molecule has 2 aliphatic heterocycles. The zero-order chi connectivity index (χ0) is 22.1. The fourth-order valence-corrected chi connectivity index (χ4v) is 5.60. The molecule has 0 saturated carbocycles. The molecule has 164 valence electrons. The van der Waals surface area contributed by atoms with E-state index in [4.69, 9.17) is 4.74 Å². The lowest BCUT2D eigenvalue weighted by atomic mass is 9.75. The molecule has 0 spiro atoms. The highest BCUT2D eigenvalue weighted by molar-refractivity contribution is 6.10. The van der Waals surface area contributed by atoms with E-state index in [1.54, 1.807) is 0 Å². The molecule has 2 atom stereocenters. The number of fused-ring (bicyclic) bond motifs is 3. The van der Waals surface area contributed by atoms with Crippen LogP contribution in [0.1, 0.15) is 53.6 Å². The molecule has 2 heterocycles. The number of rotatable bonds is 4. The van der Waals surface area contributed by atoms with Gasteiger partial charge in [-0.25, -0.2) is 4.79 Å². The molecular formula is C28H29NO3. The normalized spacial score (nSPS) is 22.5. The summed E-state index contributed by atoms with van der Waals surface area (Å²) in [7, 11) is 0. The van der Waals surface area contributed by atoms with Crippen LogP contribution in [0.25, 0.3) is 10.8 Å². The van der Waals surface area contributed by atoms with Crippen molar-refractivity contribution in [2.45, 2.75) is 57.7 Å². The quantitative estimate of drug-likeness (QED) is 0.459. The van der Waals surface area contributed by atoms with Gasteiger partial charge in [-0.3, -0.25) is 4.79 Å². The minimum Gasteiger partial charge on any atom is -0.445 e. The molecule has 2 saturated heterocycles. The number of hydrogen-bond donors (Lipinski definition) is 0. The van der Waals surface area contributed by atoms with Crippen molar-refractivity contribution in [1.82, 2.24) is 4.90 Å². The molecule has 5 rings (SSSR count). The van der Waals surface area contributed by atoms with E-state index in [0.717, 1.165) is 59.6 Å². The molecule has 2 unspecified atom stereocenters. The summed E-state index contributed by atoms with van der Waals surface area (Å²) in [5.74, 6) is 0.182. The third-order valence-electron chi connectivity index (χ3n) is 7.15. The van der Waals surface area contributed by atoms with Gasteiger partial charge in [0.25, 0.3) is 0 Å². The number of Topliss-reactive ketones (excluding diaryl/α,β-unsaturated/α-hetero) is 1. The molecule has 1 amide bonds. The van der Waals surface area contributed by atoms with Crippen LogP contribution in [-0.2, 0) is 11.3 Å². The van der Waals surface area contributed by atoms with Gasteiger partial charge in [0.1, 0.15) is 6.61 Å². The van der Waals surface area contributed by atoms with Crippen molar-refractivity contribution in [2.24, 2.45) is 5.92 Å². The van der Waals surface area contributed by atoms with Crippen LogP contribution >= 0.6 is 0 Å². The van der Waals surface area contributed by atoms with Gasteiger partial charge >= 0.3 is 6.09 Å². The van der Waals surface area contributed by atoms with E-state index in [9.17, 15) is 9.59 Å². The smallest absolute Gasteiger partial charge is 0.410 e. The summed E-state index contributed by atoms with van der Waals surface area (Å²) in [6.07, 6.45) is 4.18. The van der Waals surface area contributed by atoms with E-state index >= 15 is 0 Å². The maximum Gasteiger partial charge on any atom is 0.410 e. The van der Waals surface area contributed by atoms with E-state index in [-0.39, 0.29) is 36.5 Å². The average Bonchev–Trinajstić information content (AvgIpc) is 2.82. The van der Waals surface area contributed by atoms with Crippen molar-refractivity contribution in [1.29, 1.82) is 0 Å². The molecule has 4 nitrogen and oxygen atoms in total. The first-order valence-corrected chi connectivity index (χ1v) is 11.6. The zero-order valence-corrected chi connectivity index (χ0v) is 18.5. The molecule has 0 radical (unpaired) electrons. The van der Waals surface area contributed by atoms with Crippen molar-refractivity contribution in [2.75, 3.05) is 0 Å². The topological polar surface area (TPSA) is 46.6 Å². The molecule has 3 aromatic carbocycles. The van der Waals surface area contributed by atoms with Crippen LogP contribution in [0.5, 0.6) is 0 Å². The Balaban J connectivity index is 1.34. The lowest BCUT2D eigenvalue weighted by Gasteiger charge is -2.47. The molecule has 2 fully saturated rings. The summed E-state index contributed by atoms with van der Waals surface area (Å²) in [5.41, 5.74) is 2.87. The number of nitrogens with zero attached hydrogens (tertiary/aromatic N) is 1.